The Morgan fingerprint density at radius 3 is 2.67 bits per heavy atom. The van der Waals surface area contributed by atoms with Gasteiger partial charge < -0.3 is 10.1 Å². The number of nitrogens with one attached hydrogen (secondary N) is 1. The Morgan fingerprint density at radius 1 is 1.40 bits per heavy atom. The molecule has 0 saturated carbocycles. The molecule has 0 fully saturated rings. The molecule has 1 aromatic carbocycles. The number of rotatable bonds is 5. The number of ether oxygens (including phenoxy) is 1. The molecule has 1 rings (SSSR count). The SMILES string of the molecule is CCCOC(=O)[C@H](C)Nc1ccccc1. The van der Waals surface area contributed by atoms with Crippen molar-refractivity contribution in [2.75, 3.05) is 11.9 Å². The minimum atomic E-state index is -0.307. The van der Waals surface area contributed by atoms with Crippen LogP contribution in [-0.2, 0) is 9.53 Å². The molecular formula is C12H17NO2. The maximum Gasteiger partial charge on any atom is 0.328 e. The highest BCUT2D eigenvalue weighted by Crippen LogP contribution is 2.07. The molecular weight excluding hydrogens is 190 g/mol. The molecule has 0 amide bonds. The van der Waals surface area contributed by atoms with Crippen LogP contribution < -0.4 is 5.32 Å². The van der Waals surface area contributed by atoms with Crippen LogP contribution in [0, 0.1) is 0 Å². The van der Waals surface area contributed by atoms with Gasteiger partial charge in [0.1, 0.15) is 6.04 Å². The van der Waals surface area contributed by atoms with Crippen LogP contribution in [-0.4, -0.2) is 18.6 Å². The summed E-state index contributed by atoms with van der Waals surface area (Å²) < 4.78 is 5.02. The van der Waals surface area contributed by atoms with Gasteiger partial charge in [0.2, 0.25) is 0 Å². The Hall–Kier alpha value is -1.51. The highest BCUT2D eigenvalue weighted by atomic mass is 16.5. The smallest absolute Gasteiger partial charge is 0.328 e. The van der Waals surface area contributed by atoms with Crippen LogP contribution in [0.4, 0.5) is 5.69 Å². The number of hydrogen-bond donors (Lipinski definition) is 1. The van der Waals surface area contributed by atoms with Crippen molar-refractivity contribution in [3.63, 3.8) is 0 Å². The van der Waals surface area contributed by atoms with Crippen LogP contribution in [0.5, 0.6) is 0 Å². The quantitative estimate of drug-likeness (QED) is 0.754. The number of esters is 1. The van der Waals surface area contributed by atoms with Crippen LogP contribution in [0.2, 0.25) is 0 Å². The van der Waals surface area contributed by atoms with E-state index < -0.39 is 0 Å². The predicted octanol–water partition coefficient (Wildman–Crippen LogP) is 2.44. The Bertz CT molecular complexity index is 298. The third kappa shape index (κ3) is 4.02. The van der Waals surface area contributed by atoms with Crippen molar-refractivity contribution in [3.8, 4) is 0 Å². The largest absolute Gasteiger partial charge is 0.464 e. The molecule has 82 valence electrons. The lowest BCUT2D eigenvalue weighted by atomic mass is 10.2. The first-order valence-electron chi connectivity index (χ1n) is 5.22. The molecule has 0 aliphatic heterocycles. The first-order valence-corrected chi connectivity index (χ1v) is 5.22. The van der Waals surface area contributed by atoms with Gasteiger partial charge in [0, 0.05) is 5.69 Å². The fraction of sp³-hybridized carbons (Fsp3) is 0.417. The van der Waals surface area contributed by atoms with E-state index in [9.17, 15) is 4.79 Å². The second-order valence-electron chi connectivity index (χ2n) is 3.40. The summed E-state index contributed by atoms with van der Waals surface area (Å²) in [5, 5.41) is 3.08. The molecule has 0 aromatic heterocycles. The van der Waals surface area contributed by atoms with Crippen molar-refractivity contribution in [3.05, 3.63) is 30.3 Å². The highest BCUT2D eigenvalue weighted by molar-refractivity contribution is 5.78. The van der Waals surface area contributed by atoms with Crippen LogP contribution in [0.3, 0.4) is 0 Å². The van der Waals surface area contributed by atoms with Crippen molar-refractivity contribution in [2.45, 2.75) is 26.3 Å². The van der Waals surface area contributed by atoms with E-state index >= 15 is 0 Å². The van der Waals surface area contributed by atoms with Crippen LogP contribution in [0.15, 0.2) is 30.3 Å². The fourth-order valence-electron chi connectivity index (χ4n) is 1.17. The lowest BCUT2D eigenvalue weighted by Crippen LogP contribution is -2.28. The minimum Gasteiger partial charge on any atom is -0.464 e. The van der Waals surface area contributed by atoms with Gasteiger partial charge in [-0.2, -0.15) is 0 Å². The van der Waals surface area contributed by atoms with Crippen LogP contribution in [0.1, 0.15) is 20.3 Å². The predicted molar refractivity (Wildman–Crippen MR) is 60.8 cm³/mol. The molecule has 0 aliphatic carbocycles. The number of para-hydroxylation sites is 1. The van der Waals surface area contributed by atoms with E-state index in [0.717, 1.165) is 12.1 Å². The lowest BCUT2D eigenvalue weighted by molar-refractivity contribution is -0.144. The third-order valence-corrected chi connectivity index (χ3v) is 1.96. The summed E-state index contributed by atoms with van der Waals surface area (Å²) >= 11 is 0. The van der Waals surface area contributed by atoms with E-state index in [1.165, 1.54) is 0 Å². The summed E-state index contributed by atoms with van der Waals surface area (Å²) in [6, 6.07) is 9.32. The van der Waals surface area contributed by atoms with Gasteiger partial charge in [-0.1, -0.05) is 25.1 Å². The summed E-state index contributed by atoms with van der Waals surface area (Å²) in [5.74, 6) is -0.208. The summed E-state index contributed by atoms with van der Waals surface area (Å²) in [7, 11) is 0. The summed E-state index contributed by atoms with van der Waals surface area (Å²) in [5.41, 5.74) is 0.929. The molecule has 0 spiro atoms. The number of benzene rings is 1. The van der Waals surface area contributed by atoms with E-state index in [0.29, 0.717) is 6.61 Å². The molecule has 1 aromatic rings. The highest BCUT2D eigenvalue weighted by Gasteiger charge is 2.12. The molecule has 0 bridgehead atoms. The van der Waals surface area contributed by atoms with E-state index in [4.69, 9.17) is 4.74 Å². The topological polar surface area (TPSA) is 38.3 Å². The van der Waals surface area contributed by atoms with Gasteiger partial charge in [-0.05, 0) is 25.5 Å². The molecule has 0 unspecified atom stereocenters. The van der Waals surface area contributed by atoms with Gasteiger partial charge in [-0.3, -0.25) is 0 Å². The molecule has 0 heterocycles. The fourth-order valence-corrected chi connectivity index (χ4v) is 1.17. The van der Waals surface area contributed by atoms with Crippen LogP contribution in [0.25, 0.3) is 0 Å². The normalized spacial score (nSPS) is 11.9. The molecule has 3 nitrogen and oxygen atoms in total. The number of hydrogen-bond acceptors (Lipinski definition) is 3. The van der Waals surface area contributed by atoms with E-state index in [1.54, 1.807) is 6.92 Å². The molecule has 0 saturated heterocycles. The molecule has 0 aliphatic rings. The molecule has 1 atom stereocenters. The van der Waals surface area contributed by atoms with Gasteiger partial charge in [0.05, 0.1) is 6.61 Å². The molecule has 1 N–H and O–H groups in total. The maximum absolute atomic E-state index is 11.4. The Morgan fingerprint density at radius 2 is 2.07 bits per heavy atom. The lowest BCUT2D eigenvalue weighted by Gasteiger charge is -2.13. The van der Waals surface area contributed by atoms with Crippen molar-refractivity contribution in [2.24, 2.45) is 0 Å². The van der Waals surface area contributed by atoms with Crippen LogP contribution >= 0.6 is 0 Å². The molecule has 3 heteroatoms. The Balaban J connectivity index is 2.41. The van der Waals surface area contributed by atoms with E-state index in [2.05, 4.69) is 5.32 Å². The first kappa shape index (κ1) is 11.6. The maximum atomic E-state index is 11.4. The number of anilines is 1. The summed E-state index contributed by atoms with van der Waals surface area (Å²) in [6.07, 6.45) is 0.851. The van der Waals surface area contributed by atoms with E-state index in [1.807, 2.05) is 37.3 Å². The number of carbonyl (C=O) groups excluding carboxylic acids is 1. The minimum absolute atomic E-state index is 0.208. The zero-order valence-electron chi connectivity index (χ0n) is 9.19. The van der Waals surface area contributed by atoms with E-state index in [-0.39, 0.29) is 12.0 Å². The second kappa shape index (κ2) is 6.06. The molecule has 15 heavy (non-hydrogen) atoms. The van der Waals surface area contributed by atoms with Crippen molar-refractivity contribution >= 4 is 11.7 Å². The van der Waals surface area contributed by atoms with Gasteiger partial charge in [-0.15, -0.1) is 0 Å². The van der Waals surface area contributed by atoms with Crippen molar-refractivity contribution < 1.29 is 9.53 Å². The van der Waals surface area contributed by atoms with Crippen molar-refractivity contribution in [1.82, 2.24) is 0 Å². The summed E-state index contributed by atoms with van der Waals surface area (Å²) in [4.78, 5) is 11.4. The third-order valence-electron chi connectivity index (χ3n) is 1.96. The molecule has 0 radical (unpaired) electrons. The Labute approximate surface area is 90.4 Å². The summed E-state index contributed by atoms with van der Waals surface area (Å²) in [6.45, 7) is 4.26. The van der Waals surface area contributed by atoms with Gasteiger partial charge in [-0.25, -0.2) is 4.79 Å². The first-order chi connectivity index (χ1) is 7.24. The van der Waals surface area contributed by atoms with Gasteiger partial charge in [0.15, 0.2) is 0 Å². The zero-order chi connectivity index (χ0) is 11.1. The Kier molecular flexibility index (Phi) is 4.68. The monoisotopic (exact) mass is 207 g/mol. The zero-order valence-corrected chi connectivity index (χ0v) is 9.19. The average molecular weight is 207 g/mol. The number of carbonyl (C=O) groups is 1. The van der Waals surface area contributed by atoms with Gasteiger partial charge in [0.25, 0.3) is 0 Å². The standard InChI is InChI=1S/C12H17NO2/c1-3-9-15-12(14)10(2)13-11-7-5-4-6-8-11/h4-8,10,13H,3,9H2,1-2H3/t10-/m0/s1. The average Bonchev–Trinajstić information content (AvgIpc) is 2.27. The van der Waals surface area contributed by atoms with Crippen molar-refractivity contribution in [1.29, 1.82) is 0 Å². The van der Waals surface area contributed by atoms with Gasteiger partial charge >= 0.3 is 5.97 Å². The second-order valence-corrected chi connectivity index (χ2v) is 3.40.